The highest BCUT2D eigenvalue weighted by atomic mass is 16.3. The zero-order valence-electron chi connectivity index (χ0n) is 14.2. The van der Waals surface area contributed by atoms with Gasteiger partial charge < -0.3 is 10.4 Å². The number of aryl methyl sites for hydroxylation is 1. The van der Waals surface area contributed by atoms with E-state index in [0.29, 0.717) is 17.0 Å². The number of H-pyrrole nitrogens is 1. The Kier molecular flexibility index (Phi) is 4.79. The quantitative estimate of drug-likeness (QED) is 0.666. The number of hydrogen-bond donors (Lipinski definition) is 3. The molecule has 3 rings (SSSR count). The van der Waals surface area contributed by atoms with Crippen molar-refractivity contribution in [1.82, 2.24) is 20.5 Å². The Balaban J connectivity index is 1.78. The molecule has 2 aromatic heterocycles. The number of hydrogen-bond acceptors (Lipinski definition) is 4. The first-order valence-corrected chi connectivity index (χ1v) is 8.15. The highest BCUT2D eigenvalue weighted by Crippen LogP contribution is 2.27. The van der Waals surface area contributed by atoms with E-state index in [0.717, 1.165) is 17.7 Å². The van der Waals surface area contributed by atoms with Gasteiger partial charge in [-0.05, 0) is 49.2 Å². The molecule has 3 aromatic rings. The molecule has 0 spiro atoms. The van der Waals surface area contributed by atoms with Crippen LogP contribution in [0, 0.1) is 6.92 Å². The number of phenols is 1. The molecule has 0 saturated carbocycles. The monoisotopic (exact) mass is 336 g/mol. The molecule has 2 heterocycles. The molecule has 0 bridgehead atoms. The van der Waals surface area contributed by atoms with Crippen molar-refractivity contribution >= 4 is 5.91 Å². The molecule has 0 fully saturated rings. The summed E-state index contributed by atoms with van der Waals surface area (Å²) in [6, 6.07) is 12.2. The van der Waals surface area contributed by atoms with E-state index in [-0.39, 0.29) is 17.7 Å². The van der Waals surface area contributed by atoms with E-state index in [1.165, 1.54) is 0 Å². The second-order valence-corrected chi connectivity index (χ2v) is 5.88. The van der Waals surface area contributed by atoms with Crippen LogP contribution < -0.4 is 5.32 Å². The third kappa shape index (κ3) is 3.68. The molecule has 1 atom stereocenters. The largest absolute Gasteiger partial charge is 0.507 e. The molecular weight excluding hydrogens is 316 g/mol. The van der Waals surface area contributed by atoms with Gasteiger partial charge in [-0.3, -0.25) is 14.9 Å². The Morgan fingerprint density at radius 2 is 2.08 bits per heavy atom. The summed E-state index contributed by atoms with van der Waals surface area (Å²) in [5.41, 5.74) is 3.36. The molecule has 1 amide bonds. The lowest BCUT2D eigenvalue weighted by atomic mass is 10.1. The number of carbonyl (C=O) groups is 1. The van der Waals surface area contributed by atoms with Crippen molar-refractivity contribution in [3.63, 3.8) is 0 Å². The third-order valence-electron chi connectivity index (χ3n) is 4.01. The number of amides is 1. The smallest absolute Gasteiger partial charge is 0.269 e. The van der Waals surface area contributed by atoms with Crippen molar-refractivity contribution < 1.29 is 9.90 Å². The van der Waals surface area contributed by atoms with E-state index in [1.807, 2.05) is 26.0 Å². The Morgan fingerprint density at radius 3 is 2.80 bits per heavy atom. The van der Waals surface area contributed by atoms with Crippen LogP contribution in [0.25, 0.3) is 11.3 Å². The van der Waals surface area contributed by atoms with E-state index in [4.69, 9.17) is 0 Å². The molecule has 6 nitrogen and oxygen atoms in total. The number of aromatic nitrogens is 3. The van der Waals surface area contributed by atoms with Crippen molar-refractivity contribution in [2.45, 2.75) is 26.3 Å². The van der Waals surface area contributed by atoms with E-state index in [2.05, 4.69) is 20.5 Å². The minimum atomic E-state index is -0.260. The normalized spacial score (nSPS) is 11.9. The van der Waals surface area contributed by atoms with Gasteiger partial charge in [0.2, 0.25) is 0 Å². The molecule has 1 aromatic carbocycles. The minimum absolute atomic E-state index is 0.122. The summed E-state index contributed by atoms with van der Waals surface area (Å²) in [7, 11) is 0. The van der Waals surface area contributed by atoms with Crippen molar-refractivity contribution in [2.75, 3.05) is 0 Å². The molecule has 25 heavy (non-hydrogen) atoms. The van der Waals surface area contributed by atoms with Crippen LogP contribution in [0.3, 0.4) is 0 Å². The lowest BCUT2D eigenvalue weighted by Crippen LogP contribution is -2.29. The summed E-state index contributed by atoms with van der Waals surface area (Å²) in [6.07, 6.45) is 2.47. The Morgan fingerprint density at radius 1 is 1.28 bits per heavy atom. The van der Waals surface area contributed by atoms with Crippen LogP contribution in [0.5, 0.6) is 5.75 Å². The Hall–Kier alpha value is -3.15. The van der Waals surface area contributed by atoms with Gasteiger partial charge in [0.25, 0.3) is 5.91 Å². The van der Waals surface area contributed by atoms with Gasteiger partial charge in [0.1, 0.15) is 11.4 Å². The summed E-state index contributed by atoms with van der Waals surface area (Å²) < 4.78 is 0. The Bertz CT molecular complexity index is 888. The molecule has 0 saturated heterocycles. The fourth-order valence-electron chi connectivity index (χ4n) is 2.64. The van der Waals surface area contributed by atoms with Crippen LogP contribution in [-0.4, -0.2) is 26.2 Å². The van der Waals surface area contributed by atoms with Gasteiger partial charge in [-0.15, -0.1) is 0 Å². The molecular formula is C19H20N4O2. The predicted molar refractivity (Wildman–Crippen MR) is 95.2 cm³/mol. The van der Waals surface area contributed by atoms with E-state index >= 15 is 0 Å². The molecule has 0 aliphatic heterocycles. The molecule has 128 valence electrons. The fourth-order valence-corrected chi connectivity index (χ4v) is 2.64. The van der Waals surface area contributed by atoms with Crippen LogP contribution in [0.4, 0.5) is 0 Å². The second-order valence-electron chi connectivity index (χ2n) is 5.88. The van der Waals surface area contributed by atoms with Gasteiger partial charge in [-0.2, -0.15) is 5.10 Å². The first-order chi connectivity index (χ1) is 12.1. The van der Waals surface area contributed by atoms with Crippen LogP contribution in [-0.2, 0) is 0 Å². The van der Waals surface area contributed by atoms with Crippen LogP contribution in [0.2, 0.25) is 0 Å². The first kappa shape index (κ1) is 16.7. The average molecular weight is 336 g/mol. The number of phenolic OH excluding ortho intramolecular Hbond substituents is 1. The van der Waals surface area contributed by atoms with E-state index < -0.39 is 0 Å². The van der Waals surface area contributed by atoms with Crippen LogP contribution in [0.15, 0.2) is 48.7 Å². The standard InChI is InChI=1S/C19H20N4O2/c1-3-14(16-10-12(2)8-9-20-16)21-19(25)17-11-15(22-23-17)13-6-4-5-7-18(13)24/h4-11,14,24H,3H2,1-2H3,(H,21,25)(H,22,23). The second kappa shape index (κ2) is 7.17. The van der Waals surface area contributed by atoms with Gasteiger partial charge in [0.05, 0.1) is 17.4 Å². The third-order valence-corrected chi connectivity index (χ3v) is 4.01. The number of aromatic amines is 1. The minimum Gasteiger partial charge on any atom is -0.507 e. The van der Waals surface area contributed by atoms with Crippen LogP contribution >= 0.6 is 0 Å². The molecule has 3 N–H and O–H groups in total. The van der Waals surface area contributed by atoms with Gasteiger partial charge in [0, 0.05) is 11.8 Å². The van der Waals surface area contributed by atoms with Crippen LogP contribution in [0.1, 0.15) is 41.1 Å². The van der Waals surface area contributed by atoms with Gasteiger partial charge in [-0.1, -0.05) is 19.1 Å². The fraction of sp³-hybridized carbons (Fsp3) is 0.211. The SMILES string of the molecule is CCC(NC(=O)c1cc(-c2ccccc2O)n[nH]1)c1cc(C)ccn1. The number of rotatable bonds is 5. The van der Waals surface area contributed by atoms with Crippen molar-refractivity contribution in [3.8, 4) is 17.0 Å². The number of benzene rings is 1. The summed E-state index contributed by atoms with van der Waals surface area (Å²) in [6.45, 7) is 3.99. The topological polar surface area (TPSA) is 90.9 Å². The number of carbonyl (C=O) groups excluding carboxylic acids is 1. The number of nitrogens with zero attached hydrogens (tertiary/aromatic N) is 2. The summed E-state index contributed by atoms with van der Waals surface area (Å²) in [4.78, 5) is 16.9. The van der Waals surface area contributed by atoms with Gasteiger partial charge in [-0.25, -0.2) is 0 Å². The summed E-state index contributed by atoms with van der Waals surface area (Å²) in [5.74, 6) is -0.138. The number of para-hydroxylation sites is 1. The molecule has 0 radical (unpaired) electrons. The summed E-state index contributed by atoms with van der Waals surface area (Å²) >= 11 is 0. The first-order valence-electron chi connectivity index (χ1n) is 8.15. The number of nitrogens with one attached hydrogen (secondary N) is 2. The molecule has 1 unspecified atom stereocenters. The maximum absolute atomic E-state index is 12.5. The van der Waals surface area contributed by atoms with Crippen molar-refractivity contribution in [1.29, 1.82) is 0 Å². The van der Waals surface area contributed by atoms with E-state index in [9.17, 15) is 9.90 Å². The number of pyridine rings is 1. The van der Waals surface area contributed by atoms with E-state index in [1.54, 1.807) is 36.5 Å². The maximum Gasteiger partial charge on any atom is 0.269 e. The number of aromatic hydroxyl groups is 1. The zero-order chi connectivity index (χ0) is 17.8. The van der Waals surface area contributed by atoms with Gasteiger partial charge >= 0.3 is 0 Å². The summed E-state index contributed by atoms with van der Waals surface area (Å²) in [5, 5.41) is 19.7. The molecule has 6 heteroatoms. The zero-order valence-corrected chi connectivity index (χ0v) is 14.2. The molecule has 0 aliphatic carbocycles. The maximum atomic E-state index is 12.5. The highest BCUT2D eigenvalue weighted by Gasteiger charge is 2.18. The highest BCUT2D eigenvalue weighted by molar-refractivity contribution is 5.93. The Labute approximate surface area is 145 Å². The lowest BCUT2D eigenvalue weighted by Gasteiger charge is -2.16. The lowest BCUT2D eigenvalue weighted by molar-refractivity contribution is 0.0929. The van der Waals surface area contributed by atoms with Crippen molar-refractivity contribution in [2.24, 2.45) is 0 Å². The van der Waals surface area contributed by atoms with Gasteiger partial charge in [0.15, 0.2) is 0 Å². The molecule has 0 aliphatic rings. The predicted octanol–water partition coefficient (Wildman–Crippen LogP) is 3.37. The van der Waals surface area contributed by atoms with Crippen molar-refractivity contribution in [3.05, 3.63) is 65.6 Å². The average Bonchev–Trinajstić information content (AvgIpc) is 3.10.